The zero-order chi connectivity index (χ0) is 14.5. The lowest BCUT2D eigenvalue weighted by Gasteiger charge is -2.08. The van der Waals surface area contributed by atoms with Gasteiger partial charge < -0.3 is 15.2 Å². The highest BCUT2D eigenvalue weighted by atomic mass is 19.4. The maximum Gasteiger partial charge on any atom is 0.405 e. The van der Waals surface area contributed by atoms with Gasteiger partial charge in [-0.15, -0.1) is 0 Å². The van der Waals surface area contributed by atoms with E-state index < -0.39 is 31.2 Å². The van der Waals surface area contributed by atoms with Gasteiger partial charge in [0.1, 0.15) is 12.3 Å². The molecule has 0 aromatic heterocycles. The molecule has 0 atom stereocenters. The van der Waals surface area contributed by atoms with E-state index >= 15 is 0 Å². The molecule has 0 unspecified atom stereocenters. The molecule has 0 bridgehead atoms. The van der Waals surface area contributed by atoms with Crippen molar-refractivity contribution in [3.05, 3.63) is 29.8 Å². The second kappa shape index (κ2) is 6.07. The number of aliphatic carboxylic acids is 1. The fourth-order valence-electron chi connectivity index (χ4n) is 1.13. The Morgan fingerprint density at radius 3 is 2.26 bits per heavy atom. The molecule has 8 heteroatoms. The van der Waals surface area contributed by atoms with Crippen LogP contribution in [0.4, 0.5) is 13.2 Å². The standard InChI is InChI=1S/C11H10F3NO4/c12-11(13,14)6-15-10(18)7-1-3-8(4-2-7)19-5-9(16)17/h1-4H,5-6H2,(H,15,18)(H,16,17). The number of carbonyl (C=O) groups excluding carboxylic acids is 1. The fraction of sp³-hybridized carbons (Fsp3) is 0.273. The summed E-state index contributed by atoms with van der Waals surface area (Å²) in [6, 6.07) is 5.07. The molecule has 1 aromatic rings. The summed E-state index contributed by atoms with van der Waals surface area (Å²) in [6.07, 6.45) is -4.47. The molecule has 1 aromatic carbocycles. The van der Waals surface area contributed by atoms with Crippen molar-refractivity contribution < 1.29 is 32.6 Å². The molecule has 1 rings (SSSR count). The van der Waals surface area contributed by atoms with E-state index in [4.69, 9.17) is 9.84 Å². The Bertz CT molecular complexity index is 456. The van der Waals surface area contributed by atoms with Gasteiger partial charge in [0.05, 0.1) is 0 Å². The molecule has 2 N–H and O–H groups in total. The number of carboxylic acids is 1. The molecule has 0 spiro atoms. The number of alkyl halides is 3. The minimum Gasteiger partial charge on any atom is -0.482 e. The molecule has 19 heavy (non-hydrogen) atoms. The second-order valence-electron chi connectivity index (χ2n) is 3.50. The number of rotatable bonds is 5. The van der Waals surface area contributed by atoms with Crippen molar-refractivity contribution in [1.82, 2.24) is 5.32 Å². The van der Waals surface area contributed by atoms with Gasteiger partial charge in [-0.05, 0) is 24.3 Å². The van der Waals surface area contributed by atoms with Crippen LogP contribution in [0.1, 0.15) is 10.4 Å². The van der Waals surface area contributed by atoms with E-state index in [0.717, 1.165) is 0 Å². The first-order chi connectivity index (χ1) is 8.78. The van der Waals surface area contributed by atoms with E-state index in [-0.39, 0.29) is 11.3 Å². The average molecular weight is 277 g/mol. The van der Waals surface area contributed by atoms with Crippen molar-refractivity contribution in [1.29, 1.82) is 0 Å². The van der Waals surface area contributed by atoms with E-state index in [1.165, 1.54) is 24.3 Å². The van der Waals surface area contributed by atoms with Crippen LogP contribution in [-0.2, 0) is 4.79 Å². The van der Waals surface area contributed by atoms with E-state index in [2.05, 4.69) is 0 Å². The van der Waals surface area contributed by atoms with Crippen LogP contribution in [0, 0.1) is 0 Å². The Morgan fingerprint density at radius 2 is 1.79 bits per heavy atom. The summed E-state index contributed by atoms with van der Waals surface area (Å²) < 4.78 is 40.4. The lowest BCUT2D eigenvalue weighted by atomic mass is 10.2. The number of benzene rings is 1. The smallest absolute Gasteiger partial charge is 0.405 e. The highest BCUT2D eigenvalue weighted by Gasteiger charge is 2.27. The summed E-state index contributed by atoms with van der Waals surface area (Å²) in [5.74, 6) is -1.83. The van der Waals surface area contributed by atoms with Crippen LogP contribution in [-0.4, -0.2) is 36.3 Å². The maximum atomic E-state index is 11.9. The molecule has 104 valence electrons. The Hall–Kier alpha value is -2.25. The fourth-order valence-corrected chi connectivity index (χ4v) is 1.13. The maximum absolute atomic E-state index is 11.9. The van der Waals surface area contributed by atoms with Crippen molar-refractivity contribution in [3.8, 4) is 5.75 Å². The van der Waals surface area contributed by atoms with Crippen LogP contribution in [0.25, 0.3) is 0 Å². The zero-order valence-corrected chi connectivity index (χ0v) is 9.53. The highest BCUT2D eigenvalue weighted by Crippen LogP contribution is 2.14. The van der Waals surface area contributed by atoms with Crippen molar-refractivity contribution in [3.63, 3.8) is 0 Å². The molecular weight excluding hydrogens is 267 g/mol. The largest absolute Gasteiger partial charge is 0.482 e. The first-order valence-corrected chi connectivity index (χ1v) is 5.07. The van der Waals surface area contributed by atoms with Gasteiger partial charge in [0.2, 0.25) is 0 Å². The van der Waals surface area contributed by atoms with E-state index in [1.54, 1.807) is 5.32 Å². The van der Waals surface area contributed by atoms with Crippen LogP contribution in [0.3, 0.4) is 0 Å². The normalized spacial score (nSPS) is 10.9. The SMILES string of the molecule is O=C(O)COc1ccc(C(=O)NCC(F)(F)F)cc1. The van der Waals surface area contributed by atoms with Gasteiger partial charge in [0, 0.05) is 5.56 Å². The molecule has 0 saturated carbocycles. The third-order valence-electron chi connectivity index (χ3n) is 1.93. The number of hydrogen-bond acceptors (Lipinski definition) is 3. The molecule has 0 aliphatic heterocycles. The number of carbonyl (C=O) groups is 2. The van der Waals surface area contributed by atoms with Crippen LogP contribution in [0.5, 0.6) is 5.75 Å². The lowest BCUT2D eigenvalue weighted by molar-refractivity contribution is -0.139. The predicted molar refractivity (Wildman–Crippen MR) is 58.0 cm³/mol. The summed E-state index contributed by atoms with van der Waals surface area (Å²) in [5.41, 5.74) is 0.0203. The number of carboxylic acid groups (broad SMARTS) is 1. The summed E-state index contributed by atoms with van der Waals surface area (Å²) in [5, 5.41) is 10.1. The third-order valence-corrected chi connectivity index (χ3v) is 1.93. The quantitative estimate of drug-likeness (QED) is 0.854. The Morgan fingerprint density at radius 1 is 1.21 bits per heavy atom. The molecule has 0 aliphatic rings. The van der Waals surface area contributed by atoms with Gasteiger partial charge in [-0.2, -0.15) is 13.2 Å². The lowest BCUT2D eigenvalue weighted by Crippen LogP contribution is -2.33. The van der Waals surface area contributed by atoms with Gasteiger partial charge in [0.25, 0.3) is 5.91 Å². The zero-order valence-electron chi connectivity index (χ0n) is 9.53. The third kappa shape index (κ3) is 5.75. The molecule has 1 amide bonds. The van der Waals surface area contributed by atoms with E-state index in [0.29, 0.717) is 0 Å². The van der Waals surface area contributed by atoms with Crippen LogP contribution in [0.15, 0.2) is 24.3 Å². The minimum atomic E-state index is -4.47. The van der Waals surface area contributed by atoms with Crippen molar-refractivity contribution in [2.45, 2.75) is 6.18 Å². The molecule has 0 radical (unpaired) electrons. The average Bonchev–Trinajstić information content (AvgIpc) is 2.33. The van der Waals surface area contributed by atoms with Gasteiger partial charge in [-0.3, -0.25) is 4.79 Å². The topological polar surface area (TPSA) is 75.6 Å². The molecular formula is C11H10F3NO4. The van der Waals surface area contributed by atoms with Gasteiger partial charge in [-0.1, -0.05) is 0 Å². The van der Waals surface area contributed by atoms with Crippen LogP contribution < -0.4 is 10.1 Å². The number of halogens is 3. The number of amides is 1. The van der Waals surface area contributed by atoms with E-state index in [1.807, 2.05) is 0 Å². The molecule has 0 aliphatic carbocycles. The molecule has 0 saturated heterocycles. The van der Waals surface area contributed by atoms with E-state index in [9.17, 15) is 22.8 Å². The summed E-state index contributed by atoms with van der Waals surface area (Å²) >= 11 is 0. The Balaban J connectivity index is 2.55. The van der Waals surface area contributed by atoms with Gasteiger partial charge in [-0.25, -0.2) is 4.79 Å². The number of nitrogens with one attached hydrogen (secondary N) is 1. The first kappa shape index (κ1) is 14.8. The van der Waals surface area contributed by atoms with Gasteiger partial charge in [0.15, 0.2) is 6.61 Å². The van der Waals surface area contributed by atoms with Gasteiger partial charge >= 0.3 is 12.1 Å². The monoisotopic (exact) mass is 277 g/mol. The second-order valence-corrected chi connectivity index (χ2v) is 3.50. The Kier molecular flexibility index (Phi) is 4.74. The van der Waals surface area contributed by atoms with Crippen molar-refractivity contribution >= 4 is 11.9 Å². The molecule has 0 heterocycles. The van der Waals surface area contributed by atoms with Crippen molar-refractivity contribution in [2.24, 2.45) is 0 Å². The first-order valence-electron chi connectivity index (χ1n) is 5.07. The summed E-state index contributed by atoms with van der Waals surface area (Å²) in [7, 11) is 0. The highest BCUT2D eigenvalue weighted by molar-refractivity contribution is 5.94. The number of ether oxygens (including phenoxy) is 1. The summed E-state index contributed by atoms with van der Waals surface area (Å²) in [6.45, 7) is -1.96. The summed E-state index contributed by atoms with van der Waals surface area (Å²) in [4.78, 5) is 21.6. The number of hydrogen-bond donors (Lipinski definition) is 2. The molecule has 5 nitrogen and oxygen atoms in total. The van der Waals surface area contributed by atoms with Crippen LogP contribution in [0.2, 0.25) is 0 Å². The molecule has 0 fully saturated rings. The predicted octanol–water partition coefficient (Wildman–Crippen LogP) is 1.44. The van der Waals surface area contributed by atoms with Crippen LogP contribution >= 0.6 is 0 Å². The Labute approximate surface area is 106 Å². The van der Waals surface area contributed by atoms with Crippen molar-refractivity contribution in [2.75, 3.05) is 13.2 Å². The minimum absolute atomic E-state index is 0.0203.